The van der Waals surface area contributed by atoms with E-state index in [9.17, 15) is 15.8 Å². The van der Waals surface area contributed by atoms with E-state index in [1.807, 2.05) is 84.9 Å². The molecular weight excluding hydrogens is 699 g/mol. The fourth-order valence-corrected chi connectivity index (χ4v) is 9.08. The van der Waals surface area contributed by atoms with Crippen LogP contribution < -0.4 is 0 Å². The Bertz CT molecular complexity index is 3540. The van der Waals surface area contributed by atoms with Crippen molar-refractivity contribution in [2.75, 3.05) is 0 Å². The number of para-hydroxylation sites is 3. The molecule has 0 saturated heterocycles. The van der Waals surface area contributed by atoms with Gasteiger partial charge >= 0.3 is 0 Å². The SMILES string of the molecule is N#CC1=C(n2c3ccccc3c3c4oc5ccccc5c4c4c(c5ccccc5n4-c4cccc(C#N)c4)c32)C=CC(c2cc(C#N)cc(-c3ccccc3)c2)C1. The number of aromatic nitrogens is 2. The third kappa shape index (κ3) is 4.74. The minimum absolute atomic E-state index is 0.108. The molecule has 3 aromatic heterocycles. The van der Waals surface area contributed by atoms with Gasteiger partial charge in [0.15, 0.2) is 0 Å². The highest BCUT2D eigenvalue weighted by Crippen LogP contribution is 2.50. The lowest BCUT2D eigenvalue weighted by molar-refractivity contribution is 0.673. The predicted octanol–water partition coefficient (Wildman–Crippen LogP) is 12.7. The maximum absolute atomic E-state index is 11.0. The van der Waals surface area contributed by atoms with Crippen LogP contribution in [0.4, 0.5) is 0 Å². The molecule has 6 heteroatoms. The van der Waals surface area contributed by atoms with E-state index < -0.39 is 0 Å². The van der Waals surface area contributed by atoms with E-state index in [1.165, 1.54) is 0 Å². The topological polar surface area (TPSA) is 94.4 Å². The zero-order valence-corrected chi connectivity index (χ0v) is 30.4. The van der Waals surface area contributed by atoms with Gasteiger partial charge in [-0.1, -0.05) is 103 Å². The van der Waals surface area contributed by atoms with Crippen molar-refractivity contribution in [1.29, 1.82) is 15.8 Å². The maximum Gasteiger partial charge on any atom is 0.147 e. The first kappa shape index (κ1) is 32.3. The van der Waals surface area contributed by atoms with E-state index in [2.05, 4.69) is 100 Å². The van der Waals surface area contributed by atoms with Gasteiger partial charge in [0.2, 0.25) is 0 Å². The smallest absolute Gasteiger partial charge is 0.147 e. The molecule has 57 heavy (non-hydrogen) atoms. The van der Waals surface area contributed by atoms with Crippen LogP contribution in [0.25, 0.3) is 88.1 Å². The van der Waals surface area contributed by atoms with Crippen LogP contribution in [0.5, 0.6) is 0 Å². The molecule has 1 aliphatic carbocycles. The van der Waals surface area contributed by atoms with Gasteiger partial charge in [-0.3, -0.25) is 0 Å². The van der Waals surface area contributed by atoms with Crippen molar-refractivity contribution in [3.63, 3.8) is 0 Å². The Labute approximate surface area is 326 Å². The van der Waals surface area contributed by atoms with Gasteiger partial charge in [0.25, 0.3) is 0 Å². The number of allylic oxidation sites excluding steroid dienone is 4. The minimum atomic E-state index is -0.108. The van der Waals surface area contributed by atoms with Crippen molar-refractivity contribution in [1.82, 2.24) is 9.13 Å². The Morgan fingerprint density at radius 1 is 0.544 bits per heavy atom. The number of fused-ring (bicyclic) bond motifs is 12. The molecule has 3 heterocycles. The molecule has 10 aromatic rings. The Morgan fingerprint density at radius 3 is 1.98 bits per heavy atom. The number of rotatable bonds is 4. The lowest BCUT2D eigenvalue weighted by atomic mass is 9.85. The van der Waals surface area contributed by atoms with Gasteiger partial charge in [0.1, 0.15) is 11.2 Å². The van der Waals surface area contributed by atoms with E-state index in [-0.39, 0.29) is 5.92 Å². The Hall–Kier alpha value is -8.11. The van der Waals surface area contributed by atoms with Crippen molar-refractivity contribution >= 4 is 71.2 Å². The summed E-state index contributed by atoms with van der Waals surface area (Å²) < 4.78 is 11.4. The first-order valence-electron chi connectivity index (χ1n) is 18.9. The second-order valence-electron chi connectivity index (χ2n) is 14.6. The van der Waals surface area contributed by atoms with Gasteiger partial charge < -0.3 is 13.6 Å². The Morgan fingerprint density at radius 2 is 1.21 bits per heavy atom. The molecule has 264 valence electrons. The normalized spacial score (nSPS) is 14.2. The van der Waals surface area contributed by atoms with Crippen LogP contribution in [-0.4, -0.2) is 9.13 Å². The average molecular weight is 728 g/mol. The molecular formula is C51H29N5O. The van der Waals surface area contributed by atoms with E-state index in [0.717, 1.165) is 93.6 Å². The zero-order chi connectivity index (χ0) is 38.2. The molecule has 0 aliphatic heterocycles. The third-order valence-corrected chi connectivity index (χ3v) is 11.5. The molecule has 1 atom stereocenters. The molecule has 6 nitrogen and oxygen atoms in total. The number of benzene rings is 7. The second-order valence-corrected chi connectivity index (χ2v) is 14.6. The molecule has 11 rings (SSSR count). The summed E-state index contributed by atoms with van der Waals surface area (Å²) in [6, 6.07) is 56.1. The first-order chi connectivity index (χ1) is 28.1. The summed E-state index contributed by atoms with van der Waals surface area (Å²) >= 11 is 0. The van der Waals surface area contributed by atoms with Gasteiger partial charge in [-0.05, 0) is 77.7 Å². The molecule has 1 unspecified atom stereocenters. The Balaban J connectivity index is 1.25. The molecule has 0 radical (unpaired) electrons. The first-order valence-corrected chi connectivity index (χ1v) is 18.9. The number of nitriles is 3. The second kappa shape index (κ2) is 12.5. The van der Waals surface area contributed by atoms with Crippen molar-refractivity contribution in [3.05, 3.63) is 180 Å². The predicted molar refractivity (Wildman–Crippen MR) is 228 cm³/mol. The van der Waals surface area contributed by atoms with Gasteiger partial charge in [0, 0.05) is 33.2 Å². The Kier molecular flexibility index (Phi) is 7.07. The number of hydrogen-bond acceptors (Lipinski definition) is 4. The van der Waals surface area contributed by atoms with Crippen LogP contribution in [0.2, 0.25) is 0 Å². The fourth-order valence-electron chi connectivity index (χ4n) is 9.08. The molecule has 7 aromatic carbocycles. The van der Waals surface area contributed by atoms with Crippen molar-refractivity contribution in [3.8, 4) is 35.0 Å². The van der Waals surface area contributed by atoms with E-state index in [1.54, 1.807) is 0 Å². The van der Waals surface area contributed by atoms with Crippen LogP contribution in [-0.2, 0) is 0 Å². The van der Waals surface area contributed by atoms with Crippen molar-refractivity contribution < 1.29 is 4.42 Å². The third-order valence-electron chi connectivity index (χ3n) is 11.5. The summed E-state index contributed by atoms with van der Waals surface area (Å²) in [5.74, 6) is -0.108. The van der Waals surface area contributed by atoms with Gasteiger partial charge in [-0.25, -0.2) is 0 Å². The summed E-state index contributed by atoms with van der Waals surface area (Å²) in [7, 11) is 0. The van der Waals surface area contributed by atoms with Crippen molar-refractivity contribution in [2.24, 2.45) is 0 Å². The molecule has 0 spiro atoms. The largest absolute Gasteiger partial charge is 0.455 e. The maximum atomic E-state index is 11.0. The number of hydrogen-bond donors (Lipinski definition) is 0. The summed E-state index contributed by atoms with van der Waals surface area (Å²) in [4.78, 5) is 0. The molecule has 0 bridgehead atoms. The molecule has 0 amide bonds. The average Bonchev–Trinajstić information content (AvgIpc) is 3.94. The molecule has 0 N–H and O–H groups in total. The monoisotopic (exact) mass is 727 g/mol. The quantitative estimate of drug-likeness (QED) is 0.180. The van der Waals surface area contributed by atoms with Gasteiger partial charge in [-0.2, -0.15) is 15.8 Å². The zero-order valence-electron chi connectivity index (χ0n) is 30.4. The molecule has 0 saturated carbocycles. The lowest BCUT2D eigenvalue weighted by Gasteiger charge is -2.22. The van der Waals surface area contributed by atoms with Crippen LogP contribution in [0, 0.1) is 34.0 Å². The molecule has 0 fully saturated rings. The van der Waals surface area contributed by atoms with E-state index in [4.69, 9.17) is 4.42 Å². The minimum Gasteiger partial charge on any atom is -0.455 e. The van der Waals surface area contributed by atoms with E-state index >= 15 is 0 Å². The summed E-state index contributed by atoms with van der Waals surface area (Å²) in [5.41, 5.74) is 11.9. The summed E-state index contributed by atoms with van der Waals surface area (Å²) in [6.07, 6.45) is 4.73. The van der Waals surface area contributed by atoms with Crippen LogP contribution in [0.1, 0.15) is 29.0 Å². The number of furan rings is 1. The highest BCUT2D eigenvalue weighted by molar-refractivity contribution is 6.39. The highest BCUT2D eigenvalue weighted by Gasteiger charge is 2.30. The number of nitrogens with zero attached hydrogens (tertiary/aromatic N) is 5. The molecule has 1 aliphatic rings. The summed E-state index contributed by atoms with van der Waals surface area (Å²) in [6.45, 7) is 0. The van der Waals surface area contributed by atoms with Gasteiger partial charge in [0.05, 0.1) is 73.4 Å². The van der Waals surface area contributed by atoms with Crippen molar-refractivity contribution in [2.45, 2.75) is 12.3 Å². The lowest BCUT2D eigenvalue weighted by Crippen LogP contribution is -2.08. The van der Waals surface area contributed by atoms with E-state index in [0.29, 0.717) is 23.1 Å². The standard InChI is InChI=1S/C51H29N5O/c52-28-31-11-10-14-38(25-31)55-43-18-7-4-15-39(43)46-49(55)48-41-17-6-9-20-45(41)57-51(48)47-40-16-5-8-19-44(40)56(50(46)47)42-22-21-34(26-37(42)30-54)36-24-32(29-53)23-35(27-36)33-12-2-1-3-13-33/h1-25,27,34H,26H2. The fraction of sp³-hybridized carbons (Fsp3) is 0.0392. The van der Waals surface area contributed by atoms with Crippen LogP contribution in [0.3, 0.4) is 0 Å². The summed E-state index contributed by atoms with van der Waals surface area (Å²) in [5, 5.41) is 37.1. The highest BCUT2D eigenvalue weighted by atomic mass is 16.3. The van der Waals surface area contributed by atoms with Crippen LogP contribution >= 0.6 is 0 Å². The van der Waals surface area contributed by atoms with Gasteiger partial charge in [-0.15, -0.1) is 0 Å². The van der Waals surface area contributed by atoms with Crippen LogP contribution in [0.15, 0.2) is 168 Å².